The summed E-state index contributed by atoms with van der Waals surface area (Å²) in [6, 6.07) is 22.3. The third kappa shape index (κ3) is 14.2. The van der Waals surface area contributed by atoms with Gasteiger partial charge < -0.3 is 35.5 Å². The largest absolute Gasteiger partial charge is 0.459 e. The van der Waals surface area contributed by atoms with Crippen LogP contribution < -0.4 is 21.3 Å². The van der Waals surface area contributed by atoms with E-state index in [-0.39, 0.29) is 43.8 Å². The molecule has 0 heterocycles. The van der Waals surface area contributed by atoms with Gasteiger partial charge in [-0.15, -0.1) is 0 Å². The fourth-order valence-corrected chi connectivity index (χ4v) is 6.79. The number of nitrogens with one attached hydrogen (secondary N) is 4. The summed E-state index contributed by atoms with van der Waals surface area (Å²) in [4.78, 5) is 66.7. The molecule has 4 amide bonds. The van der Waals surface area contributed by atoms with Crippen LogP contribution in [0.3, 0.4) is 0 Å². The monoisotopic (exact) mass is 784 g/mol. The van der Waals surface area contributed by atoms with E-state index < -0.39 is 53.7 Å². The Morgan fingerprint density at radius 2 is 1.18 bits per heavy atom. The number of carbonyl (C=O) groups is 5. The molecule has 0 aliphatic heterocycles. The van der Waals surface area contributed by atoms with Crippen molar-refractivity contribution in [3.8, 4) is 11.1 Å². The fraction of sp³-hybridized carbons (Fsp3) is 0.489. The van der Waals surface area contributed by atoms with Crippen molar-refractivity contribution in [1.29, 1.82) is 0 Å². The van der Waals surface area contributed by atoms with E-state index in [0.29, 0.717) is 25.8 Å². The second kappa shape index (κ2) is 21.2. The van der Waals surface area contributed by atoms with Crippen LogP contribution in [-0.4, -0.2) is 66.8 Å². The maximum absolute atomic E-state index is 14.0. The van der Waals surface area contributed by atoms with Gasteiger partial charge in [-0.1, -0.05) is 107 Å². The van der Waals surface area contributed by atoms with Gasteiger partial charge in [0.25, 0.3) is 0 Å². The lowest BCUT2D eigenvalue weighted by Gasteiger charge is -2.26. The Morgan fingerprint density at radius 3 is 1.77 bits per heavy atom. The van der Waals surface area contributed by atoms with Gasteiger partial charge in [0, 0.05) is 12.5 Å². The summed E-state index contributed by atoms with van der Waals surface area (Å²) in [5.74, 6) is -1.77. The first-order valence-corrected chi connectivity index (χ1v) is 20.0. The van der Waals surface area contributed by atoms with E-state index in [1.807, 2.05) is 94.4 Å². The molecular weight excluding hydrogens is 725 g/mol. The lowest BCUT2D eigenvalue weighted by atomic mass is 9.98. The number of unbranched alkanes of at least 4 members (excludes halogenated alkanes) is 1. The predicted octanol–water partition coefficient (Wildman–Crippen LogP) is 7.39. The summed E-state index contributed by atoms with van der Waals surface area (Å²) < 4.78 is 16.7. The van der Waals surface area contributed by atoms with Crippen molar-refractivity contribution in [2.24, 2.45) is 11.8 Å². The Labute approximate surface area is 337 Å². The molecule has 1 aliphatic carbocycles. The molecule has 12 nitrogen and oxygen atoms in total. The van der Waals surface area contributed by atoms with E-state index in [4.69, 9.17) is 14.2 Å². The highest BCUT2D eigenvalue weighted by atomic mass is 16.6. The van der Waals surface area contributed by atoms with Crippen molar-refractivity contribution >= 4 is 30.0 Å². The van der Waals surface area contributed by atoms with Crippen LogP contribution in [0.25, 0.3) is 11.1 Å². The van der Waals surface area contributed by atoms with Crippen LogP contribution in [0.5, 0.6) is 0 Å². The Morgan fingerprint density at radius 1 is 0.632 bits per heavy atom. The number of rotatable bonds is 19. The van der Waals surface area contributed by atoms with Crippen molar-refractivity contribution in [2.45, 2.75) is 117 Å². The minimum absolute atomic E-state index is 0.00195. The number of ether oxygens (including phenoxy) is 3. The Hall–Kier alpha value is -5.39. The van der Waals surface area contributed by atoms with Crippen LogP contribution in [-0.2, 0) is 35.2 Å². The molecule has 0 radical (unpaired) electrons. The topological polar surface area (TPSA) is 161 Å². The number of carbonyl (C=O) groups excluding carboxylic acids is 5. The van der Waals surface area contributed by atoms with Gasteiger partial charge in [-0.3, -0.25) is 9.59 Å². The SMILES string of the molecule is CC(C)C[C@H](NC(=O)[C@@H](CCCCNC(=O)OC(C)(C)C)NC(=O)OCC1c2ccccc2-c2ccccc21)C(=O)N[C@@H](CC(C)C)C(=O)OCc1ccccc1. The number of amides is 4. The predicted molar refractivity (Wildman–Crippen MR) is 219 cm³/mol. The van der Waals surface area contributed by atoms with E-state index in [0.717, 1.165) is 27.8 Å². The summed E-state index contributed by atoms with van der Waals surface area (Å²) in [7, 11) is 0. The molecule has 0 unspecified atom stereocenters. The molecule has 3 aromatic carbocycles. The highest BCUT2D eigenvalue weighted by molar-refractivity contribution is 5.93. The second-order valence-electron chi connectivity index (χ2n) is 16.4. The van der Waals surface area contributed by atoms with E-state index in [2.05, 4.69) is 33.4 Å². The lowest BCUT2D eigenvalue weighted by Crippen LogP contribution is -2.56. The third-order valence-corrected chi connectivity index (χ3v) is 9.41. The van der Waals surface area contributed by atoms with E-state index in [1.54, 1.807) is 20.8 Å². The molecule has 0 fully saturated rings. The lowest BCUT2D eigenvalue weighted by molar-refractivity contribution is -0.150. The zero-order valence-electron chi connectivity index (χ0n) is 34.4. The average molecular weight is 785 g/mol. The molecule has 0 bridgehead atoms. The maximum atomic E-state index is 14.0. The van der Waals surface area contributed by atoms with Gasteiger partial charge in [0.05, 0.1) is 0 Å². The highest BCUT2D eigenvalue weighted by Gasteiger charge is 2.33. The summed E-state index contributed by atoms with van der Waals surface area (Å²) in [6.07, 6.45) is 0.440. The average Bonchev–Trinajstić information content (AvgIpc) is 3.47. The molecule has 0 spiro atoms. The molecule has 0 saturated heterocycles. The van der Waals surface area contributed by atoms with Gasteiger partial charge in [0.15, 0.2) is 0 Å². The smallest absolute Gasteiger partial charge is 0.407 e. The first-order valence-electron chi connectivity index (χ1n) is 20.0. The highest BCUT2D eigenvalue weighted by Crippen LogP contribution is 2.44. The van der Waals surface area contributed by atoms with E-state index in [1.165, 1.54) is 0 Å². The fourth-order valence-electron chi connectivity index (χ4n) is 6.79. The van der Waals surface area contributed by atoms with Crippen LogP contribution in [0.15, 0.2) is 78.9 Å². The molecule has 0 saturated carbocycles. The molecule has 57 heavy (non-hydrogen) atoms. The summed E-state index contributed by atoms with van der Waals surface area (Å²) in [5.41, 5.74) is 4.47. The van der Waals surface area contributed by atoms with Crippen LogP contribution in [0, 0.1) is 11.8 Å². The van der Waals surface area contributed by atoms with Gasteiger partial charge in [0.1, 0.15) is 36.9 Å². The zero-order chi connectivity index (χ0) is 41.5. The molecule has 3 aromatic rings. The summed E-state index contributed by atoms with van der Waals surface area (Å²) >= 11 is 0. The van der Waals surface area contributed by atoms with Gasteiger partial charge in [0.2, 0.25) is 11.8 Å². The summed E-state index contributed by atoms with van der Waals surface area (Å²) in [5, 5.41) is 11.1. The number of benzene rings is 3. The van der Waals surface area contributed by atoms with Crippen molar-refractivity contribution < 1.29 is 38.2 Å². The molecule has 4 rings (SSSR count). The van der Waals surface area contributed by atoms with Crippen molar-refractivity contribution in [3.05, 3.63) is 95.6 Å². The Bertz CT molecular complexity index is 1760. The van der Waals surface area contributed by atoms with Gasteiger partial charge in [-0.2, -0.15) is 0 Å². The molecule has 308 valence electrons. The standard InChI is InChI=1S/C45H60N4O8/c1-29(2)25-38(41(51)48-39(26-30(3)4)42(52)55-27-31-17-9-8-10-18-31)47-40(50)37(23-15-16-24-46-43(53)57-45(5,6)7)49-44(54)56-28-36-34-21-13-11-19-32(34)33-20-12-14-22-35(33)36/h8-14,17-22,29-30,36-39H,15-16,23-28H2,1-7H3,(H,46,53)(H,47,50)(H,48,51)(H,49,54)/t37-,38+,39+/m1/s1. The first-order chi connectivity index (χ1) is 27.1. The van der Waals surface area contributed by atoms with Crippen LogP contribution >= 0.6 is 0 Å². The summed E-state index contributed by atoms with van der Waals surface area (Å²) in [6.45, 7) is 13.5. The zero-order valence-corrected chi connectivity index (χ0v) is 34.4. The molecule has 12 heteroatoms. The molecule has 0 aromatic heterocycles. The second-order valence-corrected chi connectivity index (χ2v) is 16.4. The minimum atomic E-state index is -1.06. The van der Waals surface area contributed by atoms with Crippen molar-refractivity contribution in [1.82, 2.24) is 21.3 Å². The van der Waals surface area contributed by atoms with Crippen molar-refractivity contribution in [3.63, 3.8) is 0 Å². The number of fused-ring (bicyclic) bond motifs is 3. The van der Waals surface area contributed by atoms with Gasteiger partial charge >= 0.3 is 18.2 Å². The van der Waals surface area contributed by atoms with Crippen LogP contribution in [0.4, 0.5) is 9.59 Å². The Kier molecular flexibility index (Phi) is 16.5. The number of esters is 1. The van der Waals surface area contributed by atoms with E-state index in [9.17, 15) is 24.0 Å². The molecule has 4 N–H and O–H groups in total. The van der Waals surface area contributed by atoms with E-state index >= 15 is 0 Å². The molecule has 1 aliphatic rings. The van der Waals surface area contributed by atoms with Crippen LogP contribution in [0.1, 0.15) is 103 Å². The normalized spacial score (nSPS) is 13.8. The number of hydrogen-bond donors (Lipinski definition) is 4. The number of alkyl carbamates (subject to hydrolysis) is 2. The maximum Gasteiger partial charge on any atom is 0.407 e. The van der Waals surface area contributed by atoms with Gasteiger partial charge in [-0.05, 0) is 92.5 Å². The third-order valence-electron chi connectivity index (χ3n) is 9.41. The molecule has 3 atom stereocenters. The molecular formula is C45H60N4O8. The van der Waals surface area contributed by atoms with Crippen LogP contribution in [0.2, 0.25) is 0 Å². The van der Waals surface area contributed by atoms with Gasteiger partial charge in [-0.25, -0.2) is 14.4 Å². The first kappa shape index (κ1) is 44.3. The quantitative estimate of drug-likeness (QED) is 0.0556. The van der Waals surface area contributed by atoms with Crippen molar-refractivity contribution in [2.75, 3.05) is 13.2 Å². The number of hydrogen-bond acceptors (Lipinski definition) is 8. The minimum Gasteiger partial charge on any atom is -0.459 e. The Balaban J connectivity index is 1.44.